The van der Waals surface area contributed by atoms with E-state index in [9.17, 15) is 4.79 Å². The number of nitrogens with one attached hydrogen (secondary N) is 1. The van der Waals surface area contributed by atoms with Crippen LogP contribution in [0.3, 0.4) is 0 Å². The standard InChI is InChI=1S/C12H13N3O2/c1-15(2)14-11-9-6-4-3-5-8(9)10(7-13-11)12(16)17/h3-7H,1-2H3,(H,13,14)(H,16,17). The van der Waals surface area contributed by atoms with Crippen molar-refractivity contribution in [3.63, 3.8) is 0 Å². The molecule has 0 fully saturated rings. The summed E-state index contributed by atoms with van der Waals surface area (Å²) in [6.07, 6.45) is 1.37. The number of carbonyl (C=O) groups is 1. The summed E-state index contributed by atoms with van der Waals surface area (Å²) in [5.74, 6) is -0.319. The predicted octanol–water partition coefficient (Wildman–Crippen LogP) is 1.82. The third kappa shape index (κ3) is 2.19. The summed E-state index contributed by atoms with van der Waals surface area (Å²) < 4.78 is 0. The van der Waals surface area contributed by atoms with Crippen molar-refractivity contribution < 1.29 is 9.90 Å². The largest absolute Gasteiger partial charge is 0.478 e. The van der Waals surface area contributed by atoms with Crippen LogP contribution in [0.1, 0.15) is 10.4 Å². The van der Waals surface area contributed by atoms with Crippen molar-refractivity contribution >= 4 is 22.6 Å². The highest BCUT2D eigenvalue weighted by molar-refractivity contribution is 6.06. The molecule has 17 heavy (non-hydrogen) atoms. The highest BCUT2D eigenvalue weighted by Gasteiger charge is 2.12. The molecule has 0 saturated heterocycles. The molecule has 5 nitrogen and oxygen atoms in total. The van der Waals surface area contributed by atoms with Crippen LogP contribution >= 0.6 is 0 Å². The van der Waals surface area contributed by atoms with Crippen LogP contribution in [0.25, 0.3) is 10.8 Å². The highest BCUT2D eigenvalue weighted by Crippen LogP contribution is 2.24. The van der Waals surface area contributed by atoms with Crippen LogP contribution in [0.2, 0.25) is 0 Å². The average molecular weight is 231 g/mol. The SMILES string of the molecule is CN(C)Nc1ncc(C(=O)O)c2ccccc12. The van der Waals surface area contributed by atoms with Crippen molar-refractivity contribution in [1.29, 1.82) is 0 Å². The fourth-order valence-corrected chi connectivity index (χ4v) is 1.66. The molecule has 1 heterocycles. The molecule has 1 aromatic heterocycles. The topological polar surface area (TPSA) is 65.5 Å². The Kier molecular flexibility index (Phi) is 2.93. The number of hydrogen-bond acceptors (Lipinski definition) is 4. The number of benzene rings is 1. The van der Waals surface area contributed by atoms with Crippen LogP contribution in [-0.4, -0.2) is 35.2 Å². The molecule has 1 aromatic carbocycles. The van der Waals surface area contributed by atoms with E-state index >= 15 is 0 Å². The van der Waals surface area contributed by atoms with Gasteiger partial charge in [-0.05, 0) is 0 Å². The van der Waals surface area contributed by atoms with Gasteiger partial charge in [0.25, 0.3) is 0 Å². The third-order valence-corrected chi connectivity index (χ3v) is 2.36. The first-order chi connectivity index (χ1) is 8.09. The van der Waals surface area contributed by atoms with Gasteiger partial charge in [-0.3, -0.25) is 0 Å². The molecule has 0 bridgehead atoms. The smallest absolute Gasteiger partial charge is 0.337 e. The number of anilines is 1. The van der Waals surface area contributed by atoms with Gasteiger partial charge in [0.15, 0.2) is 0 Å². The maximum atomic E-state index is 11.1. The van der Waals surface area contributed by atoms with Crippen molar-refractivity contribution in [3.8, 4) is 0 Å². The molecule has 0 spiro atoms. The number of pyridine rings is 1. The monoisotopic (exact) mass is 231 g/mol. The maximum absolute atomic E-state index is 11.1. The van der Waals surface area contributed by atoms with Gasteiger partial charge in [0.05, 0.1) is 5.56 Å². The van der Waals surface area contributed by atoms with Gasteiger partial charge < -0.3 is 10.5 Å². The Labute approximate surface area is 98.7 Å². The van der Waals surface area contributed by atoms with Gasteiger partial charge in [0.2, 0.25) is 0 Å². The molecule has 0 amide bonds. The summed E-state index contributed by atoms with van der Waals surface area (Å²) in [7, 11) is 3.70. The third-order valence-electron chi connectivity index (χ3n) is 2.36. The lowest BCUT2D eigenvalue weighted by Crippen LogP contribution is -2.20. The van der Waals surface area contributed by atoms with Gasteiger partial charge in [-0.2, -0.15) is 0 Å². The van der Waals surface area contributed by atoms with Crippen molar-refractivity contribution in [2.24, 2.45) is 0 Å². The van der Waals surface area contributed by atoms with Crippen molar-refractivity contribution in [2.45, 2.75) is 0 Å². The Morgan fingerprint density at radius 2 is 1.94 bits per heavy atom. The van der Waals surface area contributed by atoms with E-state index in [-0.39, 0.29) is 5.56 Å². The first-order valence-electron chi connectivity index (χ1n) is 5.14. The van der Waals surface area contributed by atoms with Crippen LogP contribution in [-0.2, 0) is 0 Å². The van der Waals surface area contributed by atoms with E-state index in [2.05, 4.69) is 10.4 Å². The van der Waals surface area contributed by atoms with Crippen molar-refractivity contribution in [3.05, 3.63) is 36.0 Å². The van der Waals surface area contributed by atoms with Crippen LogP contribution in [0.4, 0.5) is 5.82 Å². The Morgan fingerprint density at radius 3 is 2.53 bits per heavy atom. The second-order valence-electron chi connectivity index (χ2n) is 3.88. The Balaban J connectivity index is 2.66. The summed E-state index contributed by atoms with van der Waals surface area (Å²) in [6.45, 7) is 0. The molecule has 0 radical (unpaired) electrons. The molecular formula is C12H13N3O2. The van der Waals surface area contributed by atoms with Crippen molar-refractivity contribution in [2.75, 3.05) is 19.5 Å². The zero-order valence-electron chi connectivity index (χ0n) is 9.64. The minimum atomic E-state index is -0.967. The van der Waals surface area contributed by atoms with Gasteiger partial charge in [-0.25, -0.2) is 14.8 Å². The lowest BCUT2D eigenvalue weighted by atomic mass is 10.1. The summed E-state index contributed by atoms with van der Waals surface area (Å²) in [5, 5.41) is 12.3. The van der Waals surface area contributed by atoms with Gasteiger partial charge >= 0.3 is 5.97 Å². The Hall–Kier alpha value is -2.14. The number of nitrogens with zero attached hydrogens (tertiary/aromatic N) is 2. The average Bonchev–Trinajstić information content (AvgIpc) is 2.28. The zero-order valence-corrected chi connectivity index (χ0v) is 9.64. The predicted molar refractivity (Wildman–Crippen MR) is 66.0 cm³/mol. The number of rotatable bonds is 3. The molecule has 0 saturated carbocycles. The quantitative estimate of drug-likeness (QED) is 0.789. The molecule has 2 aromatic rings. The number of aromatic nitrogens is 1. The normalized spacial score (nSPS) is 10.8. The van der Waals surface area contributed by atoms with Crippen LogP contribution in [0.15, 0.2) is 30.5 Å². The maximum Gasteiger partial charge on any atom is 0.337 e. The number of aromatic carboxylic acids is 1. The van der Waals surface area contributed by atoms with Crippen molar-refractivity contribution in [1.82, 2.24) is 9.99 Å². The van der Waals surface area contributed by atoms with Crippen LogP contribution < -0.4 is 5.43 Å². The van der Waals surface area contributed by atoms with Crippen LogP contribution in [0, 0.1) is 0 Å². The molecule has 0 unspecified atom stereocenters. The summed E-state index contributed by atoms with van der Waals surface area (Å²) in [6, 6.07) is 7.30. The van der Waals surface area contributed by atoms with Gasteiger partial charge in [-0.1, -0.05) is 24.3 Å². The molecule has 2 rings (SSSR count). The van der Waals surface area contributed by atoms with E-state index < -0.39 is 5.97 Å². The molecule has 5 heteroatoms. The van der Waals surface area contributed by atoms with Crippen LogP contribution in [0.5, 0.6) is 0 Å². The summed E-state index contributed by atoms with van der Waals surface area (Å²) in [4.78, 5) is 15.2. The Morgan fingerprint density at radius 1 is 1.29 bits per heavy atom. The zero-order chi connectivity index (χ0) is 12.4. The van der Waals surface area contributed by atoms with Gasteiger partial charge in [0.1, 0.15) is 5.82 Å². The van der Waals surface area contributed by atoms with E-state index in [1.807, 2.05) is 32.3 Å². The number of fused-ring (bicyclic) bond motifs is 1. The first kappa shape index (κ1) is 11.3. The minimum Gasteiger partial charge on any atom is -0.478 e. The first-order valence-corrected chi connectivity index (χ1v) is 5.14. The lowest BCUT2D eigenvalue weighted by Gasteiger charge is -2.15. The highest BCUT2D eigenvalue weighted by atomic mass is 16.4. The van der Waals surface area contributed by atoms with E-state index in [0.29, 0.717) is 11.2 Å². The molecule has 0 aliphatic rings. The van der Waals surface area contributed by atoms with E-state index in [0.717, 1.165) is 5.39 Å². The second-order valence-corrected chi connectivity index (χ2v) is 3.88. The number of carboxylic acids is 1. The van der Waals surface area contributed by atoms with E-state index in [4.69, 9.17) is 5.11 Å². The fraction of sp³-hybridized carbons (Fsp3) is 0.167. The number of hydrogen-bond donors (Lipinski definition) is 2. The molecule has 0 aliphatic carbocycles. The second kappa shape index (κ2) is 4.39. The summed E-state index contributed by atoms with van der Waals surface area (Å²) >= 11 is 0. The Bertz CT molecular complexity index is 567. The summed E-state index contributed by atoms with van der Waals surface area (Å²) in [5.41, 5.74) is 3.26. The van der Waals surface area contributed by atoms with E-state index in [1.165, 1.54) is 6.20 Å². The molecule has 2 N–H and O–H groups in total. The molecular weight excluding hydrogens is 218 g/mol. The molecule has 0 aliphatic heterocycles. The van der Waals surface area contributed by atoms with E-state index in [1.54, 1.807) is 11.1 Å². The molecule has 0 atom stereocenters. The number of hydrazine groups is 1. The number of carboxylic acid groups (broad SMARTS) is 1. The molecule has 88 valence electrons. The minimum absolute atomic E-state index is 0.213. The van der Waals surface area contributed by atoms with Gasteiger partial charge in [0, 0.05) is 31.1 Å². The fourth-order valence-electron chi connectivity index (χ4n) is 1.66. The lowest BCUT2D eigenvalue weighted by molar-refractivity contribution is 0.0698. The van der Waals surface area contributed by atoms with Gasteiger partial charge in [-0.15, -0.1) is 0 Å².